The van der Waals surface area contributed by atoms with Crippen molar-refractivity contribution in [1.29, 1.82) is 0 Å². The van der Waals surface area contributed by atoms with Gasteiger partial charge in [0.15, 0.2) is 0 Å². The highest BCUT2D eigenvalue weighted by molar-refractivity contribution is 5.60. The zero-order chi connectivity index (χ0) is 15.2. The van der Waals surface area contributed by atoms with Gasteiger partial charge in [0.05, 0.1) is 30.7 Å². The summed E-state index contributed by atoms with van der Waals surface area (Å²) < 4.78 is 0. The Morgan fingerprint density at radius 3 is 2.43 bits per heavy atom. The summed E-state index contributed by atoms with van der Waals surface area (Å²) in [5, 5.41) is 12.4. The number of aliphatic hydroxyl groups excluding tert-OH is 1. The van der Waals surface area contributed by atoms with Gasteiger partial charge in [-0.05, 0) is 17.9 Å². The van der Waals surface area contributed by atoms with Crippen LogP contribution in [0, 0.1) is 0 Å². The van der Waals surface area contributed by atoms with Crippen LogP contribution < -0.4 is 5.32 Å². The maximum atomic E-state index is 9.25. The van der Waals surface area contributed by atoms with Crippen molar-refractivity contribution in [1.82, 2.24) is 9.97 Å². The minimum atomic E-state index is 0.0119. The molecule has 0 saturated heterocycles. The van der Waals surface area contributed by atoms with E-state index < -0.39 is 0 Å². The number of hydrogen-bond acceptors (Lipinski definition) is 4. The summed E-state index contributed by atoms with van der Waals surface area (Å²) >= 11 is 0. The van der Waals surface area contributed by atoms with E-state index in [1.54, 1.807) is 12.4 Å². The van der Waals surface area contributed by atoms with E-state index in [2.05, 4.69) is 53.4 Å². The zero-order valence-electron chi connectivity index (χ0n) is 12.9. The molecule has 1 unspecified atom stereocenters. The fourth-order valence-corrected chi connectivity index (χ4v) is 2.10. The second-order valence-corrected chi connectivity index (χ2v) is 5.50. The van der Waals surface area contributed by atoms with Gasteiger partial charge in [-0.3, -0.25) is 4.98 Å². The Morgan fingerprint density at radius 1 is 1.14 bits per heavy atom. The molecule has 0 aliphatic rings. The molecule has 2 N–H and O–H groups in total. The van der Waals surface area contributed by atoms with Gasteiger partial charge in [-0.25, -0.2) is 4.98 Å². The fourth-order valence-electron chi connectivity index (χ4n) is 2.10. The summed E-state index contributed by atoms with van der Waals surface area (Å²) in [6, 6.07) is 8.42. The molecule has 112 valence electrons. The average molecular weight is 285 g/mol. The summed E-state index contributed by atoms with van der Waals surface area (Å²) in [5.74, 6) is 1.22. The third kappa shape index (κ3) is 4.02. The van der Waals surface area contributed by atoms with Gasteiger partial charge in [0.25, 0.3) is 0 Å². The fraction of sp³-hybridized carbons (Fsp3) is 0.412. The molecule has 0 fully saturated rings. The minimum absolute atomic E-state index is 0.0119. The first-order chi connectivity index (χ1) is 10.1. The van der Waals surface area contributed by atoms with Crippen molar-refractivity contribution in [3.63, 3.8) is 0 Å². The highest BCUT2D eigenvalue weighted by Gasteiger charge is 2.07. The molecule has 0 bridgehead atoms. The van der Waals surface area contributed by atoms with E-state index in [9.17, 15) is 5.11 Å². The number of nitrogens with zero attached hydrogens (tertiary/aromatic N) is 2. The smallest absolute Gasteiger partial charge is 0.145 e. The molecule has 0 aliphatic carbocycles. The van der Waals surface area contributed by atoms with Crippen molar-refractivity contribution in [3.05, 3.63) is 42.2 Å². The Balaban J connectivity index is 2.20. The van der Waals surface area contributed by atoms with Crippen LogP contribution in [0.4, 0.5) is 5.82 Å². The largest absolute Gasteiger partial charge is 0.394 e. The molecule has 0 radical (unpaired) electrons. The Kier molecular flexibility index (Phi) is 5.28. The Labute approximate surface area is 126 Å². The topological polar surface area (TPSA) is 58.0 Å². The lowest BCUT2D eigenvalue weighted by atomic mass is 10.0. The molecule has 1 heterocycles. The summed E-state index contributed by atoms with van der Waals surface area (Å²) in [6.45, 7) is 6.47. The number of hydrogen-bond donors (Lipinski definition) is 2. The molecule has 0 saturated carbocycles. The number of benzene rings is 1. The average Bonchev–Trinajstić information content (AvgIpc) is 2.53. The van der Waals surface area contributed by atoms with Crippen LogP contribution in [0.15, 0.2) is 36.7 Å². The number of rotatable bonds is 6. The summed E-state index contributed by atoms with van der Waals surface area (Å²) in [4.78, 5) is 8.80. The maximum absolute atomic E-state index is 9.25. The molecule has 4 nitrogen and oxygen atoms in total. The van der Waals surface area contributed by atoms with Crippen LogP contribution in [0.5, 0.6) is 0 Å². The van der Waals surface area contributed by atoms with Gasteiger partial charge in [-0.15, -0.1) is 0 Å². The monoisotopic (exact) mass is 285 g/mol. The quantitative estimate of drug-likeness (QED) is 0.853. The SMILES string of the molecule is CCC(CO)Nc1cncc(-c2ccc(C(C)C)cc2)n1. The van der Waals surface area contributed by atoms with E-state index in [0.717, 1.165) is 17.7 Å². The van der Waals surface area contributed by atoms with Gasteiger partial charge in [0.1, 0.15) is 5.82 Å². The van der Waals surface area contributed by atoms with E-state index in [-0.39, 0.29) is 12.6 Å². The first-order valence-corrected chi connectivity index (χ1v) is 7.43. The molecule has 21 heavy (non-hydrogen) atoms. The second kappa shape index (κ2) is 7.18. The number of aromatic nitrogens is 2. The first-order valence-electron chi connectivity index (χ1n) is 7.43. The zero-order valence-corrected chi connectivity index (χ0v) is 12.9. The number of nitrogens with one attached hydrogen (secondary N) is 1. The van der Waals surface area contributed by atoms with Gasteiger partial charge in [-0.2, -0.15) is 0 Å². The minimum Gasteiger partial charge on any atom is -0.394 e. The molecule has 2 rings (SSSR count). The molecular formula is C17H23N3O. The lowest BCUT2D eigenvalue weighted by Gasteiger charge is -2.15. The van der Waals surface area contributed by atoms with E-state index in [1.165, 1.54) is 5.56 Å². The highest BCUT2D eigenvalue weighted by Crippen LogP contribution is 2.21. The number of aliphatic hydroxyl groups is 1. The normalized spacial score (nSPS) is 12.4. The van der Waals surface area contributed by atoms with Gasteiger partial charge in [-0.1, -0.05) is 45.0 Å². The Bertz CT molecular complexity index is 563. The van der Waals surface area contributed by atoms with Crippen LogP contribution in [0.2, 0.25) is 0 Å². The summed E-state index contributed by atoms with van der Waals surface area (Å²) in [5.41, 5.74) is 3.20. The van der Waals surface area contributed by atoms with Gasteiger partial charge >= 0.3 is 0 Å². The van der Waals surface area contributed by atoms with Crippen LogP contribution in [-0.2, 0) is 0 Å². The van der Waals surface area contributed by atoms with Crippen molar-refractivity contribution < 1.29 is 5.11 Å². The molecule has 4 heteroatoms. The van der Waals surface area contributed by atoms with Crippen LogP contribution in [0.3, 0.4) is 0 Å². The molecule has 1 atom stereocenters. The third-order valence-electron chi connectivity index (χ3n) is 3.57. The molecule has 1 aromatic heterocycles. The van der Waals surface area contributed by atoms with Gasteiger partial charge < -0.3 is 10.4 Å². The lowest BCUT2D eigenvalue weighted by molar-refractivity contribution is 0.271. The molecule has 0 amide bonds. The third-order valence-corrected chi connectivity index (χ3v) is 3.57. The van der Waals surface area contributed by atoms with Crippen molar-refractivity contribution >= 4 is 5.82 Å². The lowest BCUT2D eigenvalue weighted by Crippen LogP contribution is -2.23. The Morgan fingerprint density at radius 2 is 1.86 bits per heavy atom. The predicted molar refractivity (Wildman–Crippen MR) is 86.3 cm³/mol. The first kappa shape index (κ1) is 15.4. The summed E-state index contributed by atoms with van der Waals surface area (Å²) in [6.07, 6.45) is 4.28. The van der Waals surface area contributed by atoms with Crippen LogP contribution in [-0.4, -0.2) is 27.7 Å². The van der Waals surface area contributed by atoms with Crippen molar-refractivity contribution in [3.8, 4) is 11.3 Å². The van der Waals surface area contributed by atoms with Crippen LogP contribution in [0.1, 0.15) is 38.7 Å². The second-order valence-electron chi connectivity index (χ2n) is 5.50. The predicted octanol–water partition coefficient (Wildman–Crippen LogP) is 3.45. The van der Waals surface area contributed by atoms with E-state index in [1.807, 2.05) is 6.92 Å². The van der Waals surface area contributed by atoms with E-state index in [0.29, 0.717) is 11.7 Å². The van der Waals surface area contributed by atoms with Crippen molar-refractivity contribution in [2.45, 2.75) is 39.2 Å². The van der Waals surface area contributed by atoms with Crippen molar-refractivity contribution in [2.24, 2.45) is 0 Å². The van der Waals surface area contributed by atoms with E-state index in [4.69, 9.17) is 0 Å². The molecule has 0 spiro atoms. The molecule has 0 aliphatic heterocycles. The highest BCUT2D eigenvalue weighted by atomic mass is 16.3. The molecular weight excluding hydrogens is 262 g/mol. The van der Waals surface area contributed by atoms with E-state index >= 15 is 0 Å². The number of anilines is 1. The van der Waals surface area contributed by atoms with Crippen LogP contribution in [0.25, 0.3) is 11.3 Å². The van der Waals surface area contributed by atoms with Gasteiger partial charge in [0.2, 0.25) is 0 Å². The van der Waals surface area contributed by atoms with Gasteiger partial charge in [0, 0.05) is 5.56 Å². The van der Waals surface area contributed by atoms with Crippen LogP contribution >= 0.6 is 0 Å². The molecule has 1 aromatic carbocycles. The standard InChI is InChI=1S/C17H23N3O/c1-4-15(11-21)19-17-10-18-9-16(20-17)14-7-5-13(6-8-14)12(2)3/h5-10,12,15,21H,4,11H2,1-3H3,(H,19,20). The maximum Gasteiger partial charge on any atom is 0.145 e. The Hall–Kier alpha value is -1.94. The molecule has 2 aromatic rings. The summed E-state index contributed by atoms with van der Waals surface area (Å²) in [7, 11) is 0. The van der Waals surface area contributed by atoms with Crippen molar-refractivity contribution in [2.75, 3.05) is 11.9 Å².